The molecule has 0 spiro atoms. The largest absolute Gasteiger partial charge is 0.481 e. The number of carboxylic acid groups (broad SMARTS) is 1. The Kier molecular flexibility index (Phi) is 5.09. The van der Waals surface area contributed by atoms with E-state index in [0.717, 1.165) is 12.2 Å². The number of hydrogen-bond acceptors (Lipinski definition) is 3. The van der Waals surface area contributed by atoms with Gasteiger partial charge in [-0.15, -0.1) is 0 Å². The van der Waals surface area contributed by atoms with Gasteiger partial charge in [0, 0.05) is 25.8 Å². The summed E-state index contributed by atoms with van der Waals surface area (Å²) in [6.45, 7) is 6.98. The number of nitrogens with zero attached hydrogens (tertiary/aromatic N) is 3. The summed E-state index contributed by atoms with van der Waals surface area (Å²) in [6.07, 6.45) is 1.50. The van der Waals surface area contributed by atoms with Gasteiger partial charge in [-0.1, -0.05) is 13.8 Å². The monoisotopic (exact) mass is 267 g/mol. The van der Waals surface area contributed by atoms with E-state index in [1.807, 2.05) is 11.6 Å². The van der Waals surface area contributed by atoms with Crippen molar-refractivity contribution >= 4 is 11.9 Å². The second-order valence-corrected chi connectivity index (χ2v) is 5.09. The predicted molar refractivity (Wildman–Crippen MR) is 71.0 cm³/mol. The molecule has 0 aliphatic heterocycles. The average molecular weight is 267 g/mol. The average Bonchev–Trinajstić information content (AvgIpc) is 2.66. The van der Waals surface area contributed by atoms with Gasteiger partial charge >= 0.3 is 5.97 Å². The number of hydrogen-bond donors (Lipinski definition) is 1. The summed E-state index contributed by atoms with van der Waals surface area (Å²) in [5.41, 5.74) is 1.36. The van der Waals surface area contributed by atoms with Crippen molar-refractivity contribution in [3.8, 4) is 0 Å². The van der Waals surface area contributed by atoms with Crippen molar-refractivity contribution in [1.29, 1.82) is 0 Å². The van der Waals surface area contributed by atoms with Crippen molar-refractivity contribution in [2.45, 2.75) is 33.7 Å². The number of aliphatic carboxylic acids is 1. The van der Waals surface area contributed by atoms with Crippen molar-refractivity contribution in [2.24, 2.45) is 5.92 Å². The Labute approximate surface area is 113 Å². The molecule has 6 heteroatoms. The van der Waals surface area contributed by atoms with Gasteiger partial charge in [-0.3, -0.25) is 14.3 Å². The maximum absolute atomic E-state index is 12.2. The number of rotatable bonds is 6. The van der Waals surface area contributed by atoms with E-state index in [1.165, 1.54) is 4.90 Å². The van der Waals surface area contributed by atoms with Crippen molar-refractivity contribution in [2.75, 3.05) is 13.6 Å². The lowest BCUT2D eigenvalue weighted by Gasteiger charge is -2.16. The third-order valence-electron chi connectivity index (χ3n) is 2.88. The molecule has 0 fully saturated rings. The molecule has 0 aliphatic rings. The predicted octanol–water partition coefficient (Wildman–Crippen LogP) is 1.39. The smallest absolute Gasteiger partial charge is 0.305 e. The third-order valence-corrected chi connectivity index (χ3v) is 2.88. The molecule has 0 aliphatic carbocycles. The maximum Gasteiger partial charge on any atom is 0.305 e. The fourth-order valence-electron chi connectivity index (χ4n) is 1.76. The Hall–Kier alpha value is -1.85. The van der Waals surface area contributed by atoms with Crippen molar-refractivity contribution < 1.29 is 14.7 Å². The molecular formula is C13H21N3O3. The van der Waals surface area contributed by atoms with Crippen LogP contribution >= 0.6 is 0 Å². The maximum atomic E-state index is 12.2. The van der Waals surface area contributed by atoms with E-state index in [9.17, 15) is 9.59 Å². The molecule has 0 bridgehead atoms. The fourth-order valence-corrected chi connectivity index (χ4v) is 1.76. The van der Waals surface area contributed by atoms with E-state index >= 15 is 0 Å². The van der Waals surface area contributed by atoms with Crippen molar-refractivity contribution in [3.63, 3.8) is 0 Å². The number of carbonyl (C=O) groups is 2. The van der Waals surface area contributed by atoms with Crippen molar-refractivity contribution in [3.05, 3.63) is 17.5 Å². The lowest BCUT2D eigenvalue weighted by Crippen LogP contribution is -2.29. The minimum Gasteiger partial charge on any atom is -0.481 e. The molecule has 0 saturated carbocycles. The van der Waals surface area contributed by atoms with Crippen LogP contribution in [0.15, 0.2) is 6.20 Å². The molecule has 1 heterocycles. The van der Waals surface area contributed by atoms with Crippen LogP contribution < -0.4 is 0 Å². The summed E-state index contributed by atoms with van der Waals surface area (Å²) in [6, 6.07) is 0. The lowest BCUT2D eigenvalue weighted by molar-refractivity contribution is -0.137. The molecule has 1 amide bonds. The minimum absolute atomic E-state index is 0.0541. The van der Waals surface area contributed by atoms with Crippen LogP contribution in [0.25, 0.3) is 0 Å². The van der Waals surface area contributed by atoms with Crippen LogP contribution in [0.5, 0.6) is 0 Å². The summed E-state index contributed by atoms with van der Waals surface area (Å²) >= 11 is 0. The van der Waals surface area contributed by atoms with Crippen LogP contribution in [-0.2, 0) is 11.3 Å². The zero-order valence-electron chi connectivity index (χ0n) is 11.9. The van der Waals surface area contributed by atoms with Crippen LogP contribution in [0, 0.1) is 12.8 Å². The summed E-state index contributed by atoms with van der Waals surface area (Å²) in [7, 11) is 1.60. The van der Waals surface area contributed by atoms with E-state index in [4.69, 9.17) is 5.11 Å². The first kappa shape index (κ1) is 15.2. The summed E-state index contributed by atoms with van der Waals surface area (Å²) < 4.78 is 1.81. The van der Waals surface area contributed by atoms with E-state index in [0.29, 0.717) is 11.5 Å². The highest BCUT2D eigenvalue weighted by molar-refractivity contribution is 5.95. The van der Waals surface area contributed by atoms with E-state index in [2.05, 4.69) is 18.9 Å². The molecule has 1 rings (SSSR count). The molecule has 0 atom stereocenters. The van der Waals surface area contributed by atoms with Gasteiger partial charge in [-0.05, 0) is 12.8 Å². The van der Waals surface area contributed by atoms with Crippen LogP contribution in [0.1, 0.15) is 36.3 Å². The van der Waals surface area contributed by atoms with Gasteiger partial charge in [-0.25, -0.2) is 0 Å². The highest BCUT2D eigenvalue weighted by atomic mass is 16.4. The van der Waals surface area contributed by atoms with Gasteiger partial charge in [0.05, 0.1) is 18.2 Å². The second-order valence-electron chi connectivity index (χ2n) is 5.09. The fraction of sp³-hybridized carbons (Fsp3) is 0.615. The minimum atomic E-state index is -0.910. The molecule has 0 unspecified atom stereocenters. The Bertz CT molecular complexity index is 466. The molecule has 1 aromatic heterocycles. The second kappa shape index (κ2) is 6.36. The van der Waals surface area contributed by atoms with Gasteiger partial charge < -0.3 is 10.0 Å². The summed E-state index contributed by atoms with van der Waals surface area (Å²) in [5.74, 6) is -0.646. The van der Waals surface area contributed by atoms with Crippen LogP contribution in [0.2, 0.25) is 0 Å². The van der Waals surface area contributed by atoms with Crippen molar-refractivity contribution in [1.82, 2.24) is 14.7 Å². The van der Waals surface area contributed by atoms with Gasteiger partial charge in [0.1, 0.15) is 0 Å². The van der Waals surface area contributed by atoms with Gasteiger partial charge in [0.2, 0.25) is 0 Å². The summed E-state index contributed by atoms with van der Waals surface area (Å²) in [4.78, 5) is 24.1. The Morgan fingerprint density at radius 1 is 1.47 bits per heavy atom. The summed E-state index contributed by atoms with van der Waals surface area (Å²) in [5, 5.41) is 12.8. The highest BCUT2D eigenvalue weighted by Crippen LogP contribution is 2.12. The number of aromatic nitrogens is 2. The SMILES string of the molecule is Cc1c(C(=O)N(C)CCC(=O)O)cnn1CC(C)C. The number of amides is 1. The standard InChI is InChI=1S/C13H21N3O3/c1-9(2)8-16-10(3)11(7-14-16)13(19)15(4)6-5-12(17)18/h7,9H,5-6,8H2,1-4H3,(H,17,18). The molecule has 1 N–H and O–H groups in total. The first-order valence-corrected chi connectivity index (χ1v) is 6.32. The normalized spacial score (nSPS) is 10.8. The van der Waals surface area contributed by atoms with Gasteiger partial charge in [-0.2, -0.15) is 5.10 Å². The molecular weight excluding hydrogens is 246 g/mol. The Morgan fingerprint density at radius 3 is 2.63 bits per heavy atom. The molecule has 6 nitrogen and oxygen atoms in total. The molecule has 0 saturated heterocycles. The first-order chi connectivity index (χ1) is 8.82. The molecule has 0 aromatic carbocycles. The zero-order valence-corrected chi connectivity index (χ0v) is 11.9. The molecule has 0 radical (unpaired) electrons. The Balaban J connectivity index is 2.77. The van der Waals surface area contributed by atoms with Gasteiger partial charge in [0.15, 0.2) is 0 Å². The first-order valence-electron chi connectivity index (χ1n) is 6.32. The van der Waals surface area contributed by atoms with E-state index in [1.54, 1.807) is 13.2 Å². The lowest BCUT2D eigenvalue weighted by atomic mass is 10.2. The van der Waals surface area contributed by atoms with Crippen LogP contribution in [0.3, 0.4) is 0 Å². The van der Waals surface area contributed by atoms with Crippen LogP contribution in [-0.4, -0.2) is 45.3 Å². The van der Waals surface area contributed by atoms with E-state index < -0.39 is 5.97 Å². The van der Waals surface area contributed by atoms with E-state index in [-0.39, 0.29) is 18.9 Å². The molecule has 1 aromatic rings. The third kappa shape index (κ3) is 4.08. The number of carbonyl (C=O) groups excluding carboxylic acids is 1. The topological polar surface area (TPSA) is 75.4 Å². The van der Waals surface area contributed by atoms with Gasteiger partial charge in [0.25, 0.3) is 5.91 Å². The molecule has 106 valence electrons. The highest BCUT2D eigenvalue weighted by Gasteiger charge is 2.18. The van der Waals surface area contributed by atoms with Crippen LogP contribution in [0.4, 0.5) is 0 Å². The zero-order chi connectivity index (χ0) is 14.6. The quantitative estimate of drug-likeness (QED) is 0.845. The Morgan fingerprint density at radius 2 is 2.11 bits per heavy atom. The number of carboxylic acids is 1. The molecule has 19 heavy (non-hydrogen) atoms.